The Balaban J connectivity index is 1.46. The number of benzene rings is 4. The van der Waals surface area contributed by atoms with Gasteiger partial charge in [0.05, 0.1) is 0 Å². The van der Waals surface area contributed by atoms with Gasteiger partial charge < -0.3 is 0 Å². The van der Waals surface area contributed by atoms with Crippen molar-refractivity contribution in [3.05, 3.63) is 115 Å². The fourth-order valence-corrected chi connectivity index (χ4v) is 7.08. The first-order valence-electron chi connectivity index (χ1n) is 10.2. The molecule has 5 rings (SSSR count). The normalized spacial score (nSPS) is 12.8. The fraction of sp³-hybridized carbons (Fsp3) is 0.111. The van der Waals surface area contributed by atoms with E-state index < -0.39 is 5.79 Å². The Kier molecular flexibility index (Phi) is 6.24. The maximum atomic E-state index is 6.24. The van der Waals surface area contributed by atoms with E-state index in [4.69, 9.17) is 14.2 Å². The van der Waals surface area contributed by atoms with Crippen molar-refractivity contribution in [3.8, 4) is 11.5 Å². The summed E-state index contributed by atoms with van der Waals surface area (Å²) in [4.78, 5) is 2.37. The van der Waals surface area contributed by atoms with Crippen LogP contribution in [0.1, 0.15) is 11.1 Å². The molecule has 1 aliphatic heterocycles. The molecule has 4 aromatic rings. The van der Waals surface area contributed by atoms with Crippen LogP contribution in [0.25, 0.3) is 0 Å². The molecule has 0 radical (unpaired) electrons. The molecule has 0 spiro atoms. The number of ether oxygens (including phenoxy) is 3. The van der Waals surface area contributed by atoms with Crippen molar-refractivity contribution in [2.45, 2.75) is 15.6 Å². The van der Waals surface area contributed by atoms with Crippen molar-refractivity contribution in [1.29, 1.82) is 0 Å². The number of hydrogen-bond acceptors (Lipinski definition) is 4. The third kappa shape index (κ3) is 4.06. The van der Waals surface area contributed by atoms with Crippen molar-refractivity contribution in [1.82, 2.24) is 0 Å². The number of para-hydroxylation sites is 1. The zero-order chi connectivity index (χ0) is 22.0. The SMILES string of the molecule is COC(OC)(c1ccc(Sc2ccccc2)cc1)c1ccc2c(c1)Oc1ccccc1[I-]2. The average molecular weight is 553 g/mol. The van der Waals surface area contributed by atoms with Crippen LogP contribution in [-0.4, -0.2) is 14.2 Å². The average Bonchev–Trinajstić information content (AvgIpc) is 2.85. The molecule has 0 aromatic heterocycles. The molecule has 0 N–H and O–H groups in total. The van der Waals surface area contributed by atoms with Gasteiger partial charge in [0.15, 0.2) is 0 Å². The maximum absolute atomic E-state index is 6.24. The van der Waals surface area contributed by atoms with Gasteiger partial charge in [0.2, 0.25) is 0 Å². The van der Waals surface area contributed by atoms with E-state index in [0.717, 1.165) is 27.5 Å². The first kappa shape index (κ1) is 21.5. The van der Waals surface area contributed by atoms with Crippen LogP contribution in [0.3, 0.4) is 0 Å². The molecule has 0 aliphatic carbocycles. The number of rotatable bonds is 6. The molecular formula is C27H22IO3S-. The molecule has 1 heterocycles. The second-order valence-electron chi connectivity index (χ2n) is 7.24. The molecule has 0 saturated carbocycles. The second-order valence-corrected chi connectivity index (χ2v) is 11.2. The predicted molar refractivity (Wildman–Crippen MR) is 122 cm³/mol. The quantitative estimate of drug-likeness (QED) is 0.238. The van der Waals surface area contributed by atoms with Gasteiger partial charge in [0.25, 0.3) is 0 Å². The van der Waals surface area contributed by atoms with E-state index in [9.17, 15) is 0 Å². The van der Waals surface area contributed by atoms with Crippen LogP contribution in [0.2, 0.25) is 0 Å². The molecule has 4 aromatic carbocycles. The Labute approximate surface area is 203 Å². The summed E-state index contributed by atoms with van der Waals surface area (Å²) >= 11 is 1.45. The zero-order valence-corrected chi connectivity index (χ0v) is 20.7. The summed E-state index contributed by atoms with van der Waals surface area (Å²) in [6, 6.07) is 33.3. The Hall–Kier alpha value is -2.32. The number of hydrogen-bond donors (Lipinski definition) is 0. The number of methoxy groups -OCH3 is 2. The molecule has 0 saturated heterocycles. The van der Waals surface area contributed by atoms with Crippen LogP contribution in [0.15, 0.2) is 107 Å². The van der Waals surface area contributed by atoms with Gasteiger partial charge in [0.1, 0.15) is 0 Å². The molecule has 0 bridgehead atoms. The molecule has 5 heteroatoms. The van der Waals surface area contributed by atoms with E-state index in [0.29, 0.717) is 0 Å². The molecule has 0 fully saturated rings. The van der Waals surface area contributed by atoms with Gasteiger partial charge in [-0.05, 0) is 0 Å². The second kappa shape index (κ2) is 9.27. The molecule has 0 unspecified atom stereocenters. The molecular weight excluding hydrogens is 531 g/mol. The van der Waals surface area contributed by atoms with E-state index in [1.165, 1.54) is 12.0 Å². The Morgan fingerprint density at radius 1 is 0.656 bits per heavy atom. The Morgan fingerprint density at radius 2 is 1.28 bits per heavy atom. The van der Waals surface area contributed by atoms with Crippen LogP contribution in [0.5, 0.6) is 11.5 Å². The first-order valence-corrected chi connectivity index (χ1v) is 13.2. The van der Waals surface area contributed by atoms with Gasteiger partial charge in [-0.25, -0.2) is 0 Å². The van der Waals surface area contributed by atoms with E-state index in [1.807, 2.05) is 18.2 Å². The van der Waals surface area contributed by atoms with E-state index in [-0.39, 0.29) is 21.2 Å². The minimum absolute atomic E-state index is 0.277. The summed E-state index contributed by atoms with van der Waals surface area (Å²) < 4.78 is 20.8. The summed E-state index contributed by atoms with van der Waals surface area (Å²) in [7, 11) is 3.36. The van der Waals surface area contributed by atoms with Gasteiger partial charge in [-0.2, -0.15) is 0 Å². The molecule has 0 atom stereocenters. The van der Waals surface area contributed by atoms with Gasteiger partial charge in [0, 0.05) is 0 Å². The van der Waals surface area contributed by atoms with Gasteiger partial charge in [-0.3, -0.25) is 0 Å². The van der Waals surface area contributed by atoms with Gasteiger partial charge >= 0.3 is 186 Å². The number of halogens is 1. The van der Waals surface area contributed by atoms with Crippen molar-refractivity contribution in [3.63, 3.8) is 0 Å². The Bertz CT molecular complexity index is 1220. The third-order valence-corrected chi connectivity index (χ3v) is 9.32. The van der Waals surface area contributed by atoms with Crippen LogP contribution in [-0.2, 0) is 15.3 Å². The van der Waals surface area contributed by atoms with Crippen molar-refractivity contribution in [2.75, 3.05) is 14.2 Å². The van der Waals surface area contributed by atoms with Crippen LogP contribution in [0.4, 0.5) is 0 Å². The van der Waals surface area contributed by atoms with Gasteiger partial charge in [-0.1, -0.05) is 18.2 Å². The zero-order valence-electron chi connectivity index (χ0n) is 17.7. The van der Waals surface area contributed by atoms with E-state index in [2.05, 4.69) is 78.9 Å². The molecule has 32 heavy (non-hydrogen) atoms. The van der Waals surface area contributed by atoms with Crippen molar-refractivity contribution < 1.29 is 35.4 Å². The summed E-state index contributed by atoms with van der Waals surface area (Å²) in [5.41, 5.74) is 1.85. The summed E-state index contributed by atoms with van der Waals surface area (Å²) in [6.45, 7) is 0. The summed E-state index contributed by atoms with van der Waals surface area (Å²) in [5.74, 6) is 0.834. The van der Waals surface area contributed by atoms with E-state index in [1.54, 1.807) is 26.0 Å². The molecule has 1 aliphatic rings. The molecule has 3 nitrogen and oxygen atoms in total. The minimum atomic E-state index is -1.01. The van der Waals surface area contributed by atoms with E-state index >= 15 is 0 Å². The summed E-state index contributed by atoms with van der Waals surface area (Å²) in [5, 5.41) is 0. The van der Waals surface area contributed by atoms with Gasteiger partial charge in [-0.15, -0.1) is 0 Å². The fourth-order valence-electron chi connectivity index (χ4n) is 3.79. The van der Waals surface area contributed by atoms with Crippen LogP contribution < -0.4 is 25.9 Å². The van der Waals surface area contributed by atoms with Crippen molar-refractivity contribution >= 4 is 11.8 Å². The Morgan fingerprint density at radius 3 is 2.03 bits per heavy atom. The van der Waals surface area contributed by atoms with Crippen molar-refractivity contribution in [2.24, 2.45) is 0 Å². The predicted octanol–water partition coefficient (Wildman–Crippen LogP) is 3.57. The third-order valence-electron chi connectivity index (χ3n) is 5.36. The molecule has 0 amide bonds. The monoisotopic (exact) mass is 553 g/mol. The van der Waals surface area contributed by atoms with Crippen LogP contribution in [0, 0.1) is 7.14 Å². The topological polar surface area (TPSA) is 27.7 Å². The standard InChI is InChI=1S/C27H22IO3S/c1-29-27(30-2,19-12-15-22(16-13-19)32-21-8-4-3-5-9-21)20-14-17-24-26(18-20)31-25-11-7-6-10-23(25)28-24/h3-18H,1-2H3/q-1. The molecule has 162 valence electrons. The van der Waals surface area contributed by atoms with Crippen LogP contribution >= 0.6 is 11.8 Å². The first-order chi connectivity index (χ1) is 15.7. The number of fused-ring (bicyclic) bond motifs is 2. The summed E-state index contributed by atoms with van der Waals surface area (Å²) in [6.07, 6.45) is 0.